The molecule has 27 heavy (non-hydrogen) atoms. The van der Waals surface area contributed by atoms with Crippen LogP contribution in [0.15, 0.2) is 36.4 Å². The first-order valence-corrected chi connectivity index (χ1v) is 9.37. The summed E-state index contributed by atoms with van der Waals surface area (Å²) < 4.78 is 2.04. The number of aromatic nitrogens is 2. The van der Waals surface area contributed by atoms with Crippen molar-refractivity contribution in [3.63, 3.8) is 0 Å². The summed E-state index contributed by atoms with van der Waals surface area (Å²) in [5.74, 6) is -1.20. The fourth-order valence-electron chi connectivity index (χ4n) is 3.10. The second-order valence-electron chi connectivity index (χ2n) is 6.42. The highest BCUT2D eigenvalue weighted by Crippen LogP contribution is 2.25. The van der Waals surface area contributed by atoms with Crippen molar-refractivity contribution >= 4 is 23.2 Å². The Morgan fingerprint density at radius 1 is 1.19 bits per heavy atom. The van der Waals surface area contributed by atoms with Crippen molar-refractivity contribution in [2.45, 2.75) is 33.7 Å². The number of aromatic carboxylic acids is 1. The molecule has 6 nitrogen and oxygen atoms in total. The van der Waals surface area contributed by atoms with E-state index in [1.807, 2.05) is 54.8 Å². The Morgan fingerprint density at radius 3 is 2.44 bits per heavy atom. The highest BCUT2D eigenvalue weighted by molar-refractivity contribution is 7.13. The standard InChI is InChI=1S/C20H21N3O3S/c1-11-10-16(14(4)23(11)15-8-6-5-7-9-15)18(24)21-13(3)19-22-12(2)17(27-19)20(25)26/h5-10,13H,1-4H3,(H,21,24)(H,25,26). The lowest BCUT2D eigenvalue weighted by atomic mass is 10.2. The van der Waals surface area contributed by atoms with E-state index in [-0.39, 0.29) is 16.8 Å². The van der Waals surface area contributed by atoms with Crippen LogP contribution in [0.4, 0.5) is 0 Å². The topological polar surface area (TPSA) is 84.2 Å². The Labute approximate surface area is 161 Å². The van der Waals surface area contributed by atoms with Crippen LogP contribution in [0.25, 0.3) is 5.69 Å². The number of thiazole rings is 1. The van der Waals surface area contributed by atoms with Crippen molar-refractivity contribution in [1.82, 2.24) is 14.9 Å². The minimum absolute atomic E-state index is 0.202. The minimum Gasteiger partial charge on any atom is -0.477 e. The molecule has 0 spiro atoms. The Kier molecular flexibility index (Phi) is 5.14. The molecule has 1 unspecified atom stereocenters. The molecular weight excluding hydrogens is 362 g/mol. The summed E-state index contributed by atoms with van der Waals surface area (Å²) in [4.78, 5) is 28.5. The van der Waals surface area contributed by atoms with E-state index in [0.717, 1.165) is 28.4 Å². The molecular formula is C20H21N3O3S. The number of carbonyl (C=O) groups excluding carboxylic acids is 1. The highest BCUT2D eigenvalue weighted by Gasteiger charge is 2.22. The summed E-state index contributed by atoms with van der Waals surface area (Å²) in [7, 11) is 0. The van der Waals surface area contributed by atoms with Gasteiger partial charge < -0.3 is 15.0 Å². The average molecular weight is 383 g/mol. The van der Waals surface area contributed by atoms with Gasteiger partial charge in [-0.25, -0.2) is 9.78 Å². The maximum atomic E-state index is 12.8. The number of rotatable bonds is 5. The number of carboxylic acid groups (broad SMARTS) is 1. The van der Waals surface area contributed by atoms with Gasteiger partial charge in [-0.2, -0.15) is 0 Å². The van der Waals surface area contributed by atoms with Gasteiger partial charge in [0.15, 0.2) is 0 Å². The van der Waals surface area contributed by atoms with Crippen LogP contribution in [0, 0.1) is 20.8 Å². The molecule has 1 atom stereocenters. The maximum Gasteiger partial charge on any atom is 0.347 e. The fraction of sp³-hybridized carbons (Fsp3) is 0.250. The molecule has 0 radical (unpaired) electrons. The lowest BCUT2D eigenvalue weighted by molar-refractivity contribution is 0.0701. The lowest BCUT2D eigenvalue weighted by Gasteiger charge is -2.12. The molecule has 1 amide bonds. The molecule has 3 rings (SSSR count). The van der Waals surface area contributed by atoms with Gasteiger partial charge in [0.1, 0.15) is 9.88 Å². The van der Waals surface area contributed by atoms with Gasteiger partial charge in [0.05, 0.1) is 17.3 Å². The van der Waals surface area contributed by atoms with Gasteiger partial charge in [0, 0.05) is 17.1 Å². The van der Waals surface area contributed by atoms with E-state index in [9.17, 15) is 14.7 Å². The van der Waals surface area contributed by atoms with Crippen LogP contribution in [-0.4, -0.2) is 26.5 Å². The second-order valence-corrected chi connectivity index (χ2v) is 7.45. The number of carboxylic acids is 1. The largest absolute Gasteiger partial charge is 0.477 e. The van der Waals surface area contributed by atoms with E-state index in [1.54, 1.807) is 13.8 Å². The van der Waals surface area contributed by atoms with Crippen molar-refractivity contribution in [3.05, 3.63) is 68.9 Å². The van der Waals surface area contributed by atoms with E-state index < -0.39 is 5.97 Å². The Balaban J connectivity index is 1.85. The van der Waals surface area contributed by atoms with Gasteiger partial charge in [0.25, 0.3) is 5.91 Å². The van der Waals surface area contributed by atoms with Gasteiger partial charge in [-0.15, -0.1) is 11.3 Å². The number of nitrogens with one attached hydrogen (secondary N) is 1. The van der Waals surface area contributed by atoms with E-state index in [4.69, 9.17) is 0 Å². The average Bonchev–Trinajstić information content (AvgIpc) is 3.15. The number of nitrogens with zero attached hydrogens (tertiary/aromatic N) is 2. The van der Waals surface area contributed by atoms with E-state index in [0.29, 0.717) is 16.3 Å². The predicted molar refractivity (Wildman–Crippen MR) is 105 cm³/mol. The fourth-order valence-corrected chi connectivity index (χ4v) is 4.01. The lowest BCUT2D eigenvalue weighted by Crippen LogP contribution is -2.27. The highest BCUT2D eigenvalue weighted by atomic mass is 32.1. The van der Waals surface area contributed by atoms with Crippen LogP contribution in [0.3, 0.4) is 0 Å². The van der Waals surface area contributed by atoms with Crippen molar-refractivity contribution in [1.29, 1.82) is 0 Å². The Hall–Kier alpha value is -2.93. The summed E-state index contributed by atoms with van der Waals surface area (Å²) in [6.45, 7) is 7.34. The normalized spacial score (nSPS) is 12.0. The van der Waals surface area contributed by atoms with Crippen molar-refractivity contribution in [2.75, 3.05) is 0 Å². The summed E-state index contributed by atoms with van der Waals surface area (Å²) in [5.41, 5.74) is 3.88. The molecule has 3 aromatic rings. The Morgan fingerprint density at radius 2 is 1.85 bits per heavy atom. The smallest absolute Gasteiger partial charge is 0.347 e. The maximum absolute atomic E-state index is 12.8. The van der Waals surface area contributed by atoms with Crippen LogP contribution in [0.1, 0.15) is 55.1 Å². The first-order chi connectivity index (χ1) is 12.8. The number of hydrogen-bond donors (Lipinski definition) is 2. The molecule has 140 valence electrons. The molecule has 2 heterocycles. The van der Waals surface area contributed by atoms with Crippen LogP contribution < -0.4 is 5.32 Å². The van der Waals surface area contributed by atoms with Crippen molar-refractivity contribution in [2.24, 2.45) is 0 Å². The van der Waals surface area contributed by atoms with Crippen LogP contribution in [0.2, 0.25) is 0 Å². The molecule has 0 bridgehead atoms. The molecule has 7 heteroatoms. The van der Waals surface area contributed by atoms with Crippen LogP contribution >= 0.6 is 11.3 Å². The summed E-state index contributed by atoms with van der Waals surface area (Å²) >= 11 is 1.09. The van der Waals surface area contributed by atoms with E-state index in [1.165, 1.54) is 0 Å². The number of benzene rings is 1. The molecule has 0 saturated carbocycles. The van der Waals surface area contributed by atoms with E-state index >= 15 is 0 Å². The molecule has 0 saturated heterocycles. The SMILES string of the molecule is Cc1nc(C(C)NC(=O)c2cc(C)n(-c3ccccc3)c2C)sc1C(=O)O. The second kappa shape index (κ2) is 7.36. The van der Waals surface area contributed by atoms with E-state index in [2.05, 4.69) is 10.3 Å². The third-order valence-electron chi connectivity index (χ3n) is 4.42. The first-order valence-electron chi connectivity index (χ1n) is 8.55. The summed E-state index contributed by atoms with van der Waals surface area (Å²) in [5, 5.41) is 12.7. The Bertz CT molecular complexity index is 1010. The zero-order chi connectivity index (χ0) is 19.7. The molecule has 0 aliphatic carbocycles. The van der Waals surface area contributed by atoms with Crippen molar-refractivity contribution in [3.8, 4) is 5.69 Å². The number of hydrogen-bond acceptors (Lipinski definition) is 4. The van der Waals surface area contributed by atoms with Gasteiger partial charge in [-0.3, -0.25) is 4.79 Å². The third-order valence-corrected chi connectivity index (χ3v) is 5.74. The van der Waals surface area contributed by atoms with Crippen LogP contribution in [-0.2, 0) is 0 Å². The zero-order valence-electron chi connectivity index (χ0n) is 15.6. The number of aryl methyl sites for hydroxylation is 2. The van der Waals surface area contributed by atoms with Crippen LogP contribution in [0.5, 0.6) is 0 Å². The molecule has 1 aromatic carbocycles. The van der Waals surface area contributed by atoms with Gasteiger partial charge >= 0.3 is 5.97 Å². The first kappa shape index (κ1) is 18.8. The quantitative estimate of drug-likeness (QED) is 0.696. The van der Waals surface area contributed by atoms with Gasteiger partial charge in [-0.1, -0.05) is 18.2 Å². The minimum atomic E-state index is -0.999. The zero-order valence-corrected chi connectivity index (χ0v) is 16.4. The van der Waals surface area contributed by atoms with Crippen molar-refractivity contribution < 1.29 is 14.7 Å². The summed E-state index contributed by atoms with van der Waals surface area (Å²) in [6.07, 6.45) is 0. The molecule has 0 aliphatic rings. The monoisotopic (exact) mass is 383 g/mol. The third kappa shape index (κ3) is 3.64. The molecule has 2 aromatic heterocycles. The number of carbonyl (C=O) groups is 2. The van der Waals surface area contributed by atoms with Gasteiger partial charge in [0.2, 0.25) is 0 Å². The molecule has 0 fully saturated rings. The summed E-state index contributed by atoms with van der Waals surface area (Å²) in [6, 6.07) is 11.3. The predicted octanol–water partition coefficient (Wildman–Crippen LogP) is 4.05. The number of para-hydroxylation sites is 1. The molecule has 2 N–H and O–H groups in total. The van der Waals surface area contributed by atoms with Gasteiger partial charge in [-0.05, 0) is 45.9 Å². The molecule has 0 aliphatic heterocycles. The number of amides is 1.